The minimum atomic E-state index is -1.05. The van der Waals surface area contributed by atoms with Gasteiger partial charge in [0.2, 0.25) is 5.91 Å². The summed E-state index contributed by atoms with van der Waals surface area (Å²) in [6.07, 6.45) is 7.98. The van der Waals surface area contributed by atoms with Crippen LogP contribution in [0, 0.1) is 0 Å². The molecule has 7 heteroatoms. The van der Waals surface area contributed by atoms with Gasteiger partial charge in [0, 0.05) is 18.0 Å². The molecule has 196 valence electrons. The van der Waals surface area contributed by atoms with Crippen molar-refractivity contribution in [3.63, 3.8) is 0 Å². The largest absolute Gasteiger partial charge is 0.494 e. The van der Waals surface area contributed by atoms with E-state index >= 15 is 0 Å². The molecule has 1 saturated carbocycles. The highest BCUT2D eigenvalue weighted by molar-refractivity contribution is 5.99. The van der Waals surface area contributed by atoms with Crippen LogP contribution in [0.3, 0.4) is 0 Å². The molecule has 7 nitrogen and oxygen atoms in total. The van der Waals surface area contributed by atoms with Crippen LogP contribution in [-0.2, 0) is 23.3 Å². The minimum Gasteiger partial charge on any atom is -0.494 e. The number of rotatable bonds is 6. The van der Waals surface area contributed by atoms with Crippen LogP contribution in [0.5, 0.6) is 5.75 Å². The van der Waals surface area contributed by atoms with Crippen LogP contribution < -0.4 is 10.1 Å². The number of aromatic nitrogens is 2. The summed E-state index contributed by atoms with van der Waals surface area (Å²) in [5.41, 5.74) is 1.12. The molecule has 0 saturated heterocycles. The fourth-order valence-electron chi connectivity index (χ4n) is 5.24. The first kappa shape index (κ1) is 26.2. The monoisotopic (exact) mass is 494 g/mol. The Kier molecular flexibility index (Phi) is 7.76. The summed E-state index contributed by atoms with van der Waals surface area (Å²) in [5.74, 6) is 0.545. The second-order valence-corrected chi connectivity index (χ2v) is 11.6. The molecule has 0 unspecified atom stereocenters. The van der Waals surface area contributed by atoms with Gasteiger partial charge in [-0.05, 0) is 50.5 Å². The van der Waals surface area contributed by atoms with Crippen LogP contribution in [0.2, 0.25) is 0 Å². The third kappa shape index (κ3) is 5.60. The predicted octanol–water partition coefficient (Wildman–Crippen LogP) is 5.22. The zero-order valence-corrected chi connectivity index (χ0v) is 22.6. The molecule has 2 aliphatic rings. The molecule has 1 aromatic heterocycles. The maximum Gasteiger partial charge on any atom is 0.273 e. The molecule has 1 aliphatic heterocycles. The number of carbonyl (C=O) groups excluding carboxylic acids is 2. The lowest BCUT2D eigenvalue weighted by Gasteiger charge is -2.44. The molecule has 36 heavy (non-hydrogen) atoms. The van der Waals surface area contributed by atoms with Gasteiger partial charge in [-0.1, -0.05) is 65.0 Å². The molecule has 1 aromatic carbocycles. The number of nitrogens with one attached hydrogen (secondary N) is 1. The highest BCUT2D eigenvalue weighted by atomic mass is 16.5. The van der Waals surface area contributed by atoms with Crippen molar-refractivity contribution in [2.45, 2.75) is 110 Å². The van der Waals surface area contributed by atoms with Gasteiger partial charge < -0.3 is 15.0 Å². The zero-order chi connectivity index (χ0) is 25.9. The van der Waals surface area contributed by atoms with Gasteiger partial charge in [-0.3, -0.25) is 14.3 Å². The van der Waals surface area contributed by atoms with Gasteiger partial charge in [0.25, 0.3) is 5.91 Å². The normalized spacial score (nSPS) is 21.5. The molecular formula is C29H42N4O3. The number of nitrogens with zero attached hydrogens (tertiary/aromatic N) is 3. The highest BCUT2D eigenvalue weighted by Gasteiger charge is 2.48. The van der Waals surface area contributed by atoms with Crippen molar-refractivity contribution in [3.8, 4) is 5.75 Å². The molecule has 1 fully saturated rings. The lowest BCUT2D eigenvalue weighted by molar-refractivity contribution is -0.134. The van der Waals surface area contributed by atoms with Crippen LogP contribution in [0.25, 0.3) is 0 Å². The van der Waals surface area contributed by atoms with Gasteiger partial charge >= 0.3 is 0 Å². The van der Waals surface area contributed by atoms with E-state index in [9.17, 15) is 9.59 Å². The van der Waals surface area contributed by atoms with Crippen molar-refractivity contribution in [2.75, 3.05) is 6.61 Å². The van der Waals surface area contributed by atoms with Gasteiger partial charge in [0.1, 0.15) is 17.0 Å². The van der Waals surface area contributed by atoms with Crippen LogP contribution in [-0.4, -0.2) is 44.7 Å². The van der Waals surface area contributed by atoms with Crippen molar-refractivity contribution in [1.29, 1.82) is 0 Å². The number of carbonyl (C=O) groups is 2. The number of amides is 2. The molecule has 1 N–H and O–H groups in total. The number of ether oxygens (including phenoxy) is 1. The zero-order valence-electron chi connectivity index (χ0n) is 22.6. The average molecular weight is 495 g/mol. The number of fused-ring (bicyclic) bond motifs is 1. The lowest BCUT2D eigenvalue weighted by atomic mass is 9.91. The summed E-state index contributed by atoms with van der Waals surface area (Å²) >= 11 is 0. The van der Waals surface area contributed by atoms with Gasteiger partial charge in [-0.25, -0.2) is 0 Å². The SMILES string of the molecule is CCOc1ccc(CN2C(=O)c3cc(C(C)(C)C)nn3C[C@]2(C)C(=O)NC2CCCCCCC2)cc1. The van der Waals surface area contributed by atoms with Crippen molar-refractivity contribution in [1.82, 2.24) is 20.0 Å². The van der Waals surface area contributed by atoms with Crippen molar-refractivity contribution in [3.05, 3.63) is 47.3 Å². The Bertz CT molecular complexity index is 1060. The molecule has 1 atom stereocenters. The number of benzene rings is 1. The molecule has 2 heterocycles. The molecule has 0 radical (unpaired) electrons. The van der Waals surface area contributed by atoms with E-state index in [0.717, 1.165) is 42.7 Å². The molecule has 0 spiro atoms. The van der Waals surface area contributed by atoms with Crippen molar-refractivity contribution >= 4 is 11.8 Å². The Hall–Kier alpha value is -2.83. The van der Waals surface area contributed by atoms with Gasteiger partial charge in [0.15, 0.2) is 0 Å². The average Bonchev–Trinajstić information content (AvgIpc) is 3.24. The first-order valence-electron chi connectivity index (χ1n) is 13.5. The Labute approximate surface area is 215 Å². The topological polar surface area (TPSA) is 76.5 Å². The number of hydrogen-bond acceptors (Lipinski definition) is 4. The summed E-state index contributed by atoms with van der Waals surface area (Å²) in [6, 6.07) is 9.82. The quantitative estimate of drug-likeness (QED) is 0.597. The second kappa shape index (κ2) is 10.7. The van der Waals surface area contributed by atoms with E-state index in [2.05, 4.69) is 26.1 Å². The van der Waals surface area contributed by atoms with Gasteiger partial charge in [0.05, 0.1) is 18.8 Å². The Balaban J connectivity index is 1.65. The van der Waals surface area contributed by atoms with Crippen LogP contribution >= 0.6 is 0 Å². The van der Waals surface area contributed by atoms with Crippen LogP contribution in [0.1, 0.15) is 101 Å². The standard InChI is InChI=1S/C29H42N4O3/c1-6-36-23-16-14-21(15-17-23)19-32-26(34)24-18-25(28(2,3)4)31-33(24)20-29(32,5)27(35)30-22-12-10-8-7-9-11-13-22/h14-18,22H,6-13,19-20H2,1-5H3,(H,30,35)/t29-/m1/s1. The Morgan fingerprint density at radius 2 is 1.75 bits per heavy atom. The highest BCUT2D eigenvalue weighted by Crippen LogP contribution is 2.32. The minimum absolute atomic E-state index is 0.0918. The summed E-state index contributed by atoms with van der Waals surface area (Å²) in [7, 11) is 0. The maximum absolute atomic E-state index is 13.9. The number of hydrogen-bond donors (Lipinski definition) is 1. The van der Waals surface area contributed by atoms with Crippen molar-refractivity contribution in [2.24, 2.45) is 0 Å². The predicted molar refractivity (Wildman–Crippen MR) is 141 cm³/mol. The van der Waals surface area contributed by atoms with E-state index < -0.39 is 5.54 Å². The van der Waals surface area contributed by atoms with Gasteiger partial charge in [-0.2, -0.15) is 5.10 Å². The summed E-state index contributed by atoms with van der Waals surface area (Å²) in [5, 5.41) is 8.10. The third-order valence-electron chi connectivity index (χ3n) is 7.57. The van der Waals surface area contributed by atoms with E-state index in [1.165, 1.54) is 19.3 Å². The summed E-state index contributed by atoms with van der Waals surface area (Å²) < 4.78 is 7.32. The van der Waals surface area contributed by atoms with Crippen LogP contribution in [0.4, 0.5) is 0 Å². The molecule has 1 aliphatic carbocycles. The Morgan fingerprint density at radius 1 is 1.11 bits per heavy atom. The molecule has 4 rings (SSSR count). The maximum atomic E-state index is 13.9. The van der Waals surface area contributed by atoms with E-state index in [0.29, 0.717) is 25.4 Å². The smallest absolute Gasteiger partial charge is 0.273 e. The summed E-state index contributed by atoms with van der Waals surface area (Å²) in [4.78, 5) is 29.6. The first-order valence-corrected chi connectivity index (χ1v) is 13.5. The summed E-state index contributed by atoms with van der Waals surface area (Å²) in [6.45, 7) is 11.4. The fraction of sp³-hybridized carbons (Fsp3) is 0.621. The van der Waals surface area contributed by atoms with Crippen LogP contribution in [0.15, 0.2) is 30.3 Å². The van der Waals surface area contributed by atoms with E-state index in [1.54, 1.807) is 9.58 Å². The fourth-order valence-corrected chi connectivity index (χ4v) is 5.24. The Morgan fingerprint density at radius 3 is 2.36 bits per heavy atom. The van der Waals surface area contributed by atoms with Crippen molar-refractivity contribution < 1.29 is 14.3 Å². The van der Waals surface area contributed by atoms with E-state index in [1.807, 2.05) is 44.2 Å². The lowest BCUT2D eigenvalue weighted by Crippen LogP contribution is -2.64. The molecule has 2 aromatic rings. The van der Waals surface area contributed by atoms with E-state index in [-0.39, 0.29) is 23.3 Å². The first-order chi connectivity index (χ1) is 17.1. The second-order valence-electron chi connectivity index (χ2n) is 11.6. The molecule has 2 amide bonds. The molecular weight excluding hydrogens is 452 g/mol. The van der Waals surface area contributed by atoms with E-state index in [4.69, 9.17) is 9.84 Å². The van der Waals surface area contributed by atoms with Gasteiger partial charge in [-0.15, -0.1) is 0 Å². The molecule has 0 bridgehead atoms. The third-order valence-corrected chi connectivity index (χ3v) is 7.57.